The van der Waals surface area contributed by atoms with Crippen LogP contribution in [0.15, 0.2) is 102 Å². The number of nitrogens with zero attached hydrogens (tertiary/aromatic N) is 6. The molecule has 7 nitrogen and oxygen atoms in total. The Morgan fingerprint density at radius 3 is 1.95 bits per heavy atom. The molecular formula is C34H16N6O. The number of nitriles is 3. The van der Waals surface area contributed by atoms with Crippen molar-refractivity contribution in [2.45, 2.75) is 0 Å². The Morgan fingerprint density at radius 2 is 1.24 bits per heavy atom. The highest BCUT2D eigenvalue weighted by Crippen LogP contribution is 2.41. The zero-order valence-electron chi connectivity index (χ0n) is 21.3. The third-order valence-corrected chi connectivity index (χ3v) is 7.24. The maximum absolute atomic E-state index is 9.74. The highest BCUT2D eigenvalue weighted by molar-refractivity contribution is 6.23. The number of hydrogen-bond donors (Lipinski definition) is 0. The average Bonchev–Trinajstić information content (AvgIpc) is 3.54. The largest absolute Gasteiger partial charge is 0.247 e. The van der Waals surface area contributed by atoms with E-state index in [2.05, 4.69) is 28.5 Å². The monoisotopic (exact) mass is 524 g/mol. The van der Waals surface area contributed by atoms with Gasteiger partial charge in [0, 0.05) is 32.8 Å². The van der Waals surface area contributed by atoms with Gasteiger partial charge in [0.05, 0.1) is 46.1 Å². The summed E-state index contributed by atoms with van der Waals surface area (Å²) >= 11 is 0. The first-order chi connectivity index (χ1) is 20.2. The van der Waals surface area contributed by atoms with E-state index in [1.54, 1.807) is 0 Å². The first-order valence-electron chi connectivity index (χ1n) is 12.7. The highest BCUT2D eigenvalue weighted by atomic mass is 16.6. The topological polar surface area (TPSA) is 123 Å². The van der Waals surface area contributed by atoms with E-state index in [0.717, 1.165) is 44.1 Å². The molecule has 2 aromatic heterocycles. The quantitative estimate of drug-likeness (QED) is 0.219. The Morgan fingerprint density at radius 1 is 0.585 bits per heavy atom. The molecule has 0 aliphatic carbocycles. The second-order valence-corrected chi connectivity index (χ2v) is 9.51. The third kappa shape index (κ3) is 3.76. The fourth-order valence-electron chi connectivity index (χ4n) is 5.41. The van der Waals surface area contributed by atoms with Gasteiger partial charge in [-0.05, 0) is 45.7 Å². The van der Waals surface area contributed by atoms with Crippen LogP contribution in [-0.4, -0.2) is 15.3 Å². The van der Waals surface area contributed by atoms with Crippen LogP contribution in [0.2, 0.25) is 0 Å². The third-order valence-electron chi connectivity index (χ3n) is 7.24. The molecule has 0 saturated carbocycles. The van der Waals surface area contributed by atoms with Crippen molar-refractivity contribution in [2.24, 2.45) is 0 Å². The van der Waals surface area contributed by atoms with Gasteiger partial charge in [0.25, 0.3) is 0 Å². The standard InChI is InChI=1S/C34H16N6O/c35-17-20-14-24(18-36)30(25(15-20)19-37)22-12-10-21(11-13-22)27-16-28-31(34-33(27)39-41-40-34)26-8-4-5-9-29(26)38-32(28)23-6-2-1-3-7-23/h1-16H. The smallest absolute Gasteiger partial charge is 0.144 e. The van der Waals surface area contributed by atoms with E-state index in [1.807, 2.05) is 84.9 Å². The summed E-state index contributed by atoms with van der Waals surface area (Å²) in [4.78, 5) is 5.04. The number of hydrogen-bond acceptors (Lipinski definition) is 7. The van der Waals surface area contributed by atoms with Gasteiger partial charge in [-0.15, -0.1) is 0 Å². The molecule has 0 N–H and O–H groups in total. The second kappa shape index (κ2) is 9.43. The van der Waals surface area contributed by atoms with Crippen molar-refractivity contribution >= 4 is 32.7 Å². The van der Waals surface area contributed by atoms with Crippen molar-refractivity contribution in [3.63, 3.8) is 0 Å². The van der Waals surface area contributed by atoms with Crippen molar-refractivity contribution in [3.05, 3.63) is 114 Å². The number of benzene rings is 5. The molecule has 0 aliphatic rings. The summed E-state index contributed by atoms with van der Waals surface area (Å²) in [5.74, 6) is 0. The predicted octanol–water partition coefficient (Wildman–Crippen LogP) is 7.54. The first-order valence-corrected chi connectivity index (χ1v) is 12.7. The van der Waals surface area contributed by atoms with Gasteiger partial charge in [0.1, 0.15) is 11.0 Å². The molecule has 41 heavy (non-hydrogen) atoms. The Bertz CT molecular complexity index is 2250. The average molecular weight is 525 g/mol. The molecule has 0 aliphatic heterocycles. The van der Waals surface area contributed by atoms with E-state index < -0.39 is 0 Å². The Balaban J connectivity index is 1.48. The van der Waals surface area contributed by atoms with Crippen LogP contribution in [0.3, 0.4) is 0 Å². The zero-order valence-corrected chi connectivity index (χ0v) is 21.3. The summed E-state index contributed by atoms with van der Waals surface area (Å²) in [5, 5.41) is 40.2. The van der Waals surface area contributed by atoms with Crippen LogP contribution < -0.4 is 0 Å². The van der Waals surface area contributed by atoms with Gasteiger partial charge < -0.3 is 0 Å². The number of para-hydroxylation sites is 1. The normalized spacial score (nSPS) is 10.9. The summed E-state index contributed by atoms with van der Waals surface area (Å²) in [6.45, 7) is 0. The fourth-order valence-corrected chi connectivity index (χ4v) is 5.41. The molecule has 0 spiro atoms. The molecule has 7 rings (SSSR count). The summed E-state index contributed by atoms with van der Waals surface area (Å²) in [6.07, 6.45) is 0. The minimum absolute atomic E-state index is 0.269. The number of rotatable bonds is 3. The fraction of sp³-hybridized carbons (Fsp3) is 0. The van der Waals surface area contributed by atoms with Crippen LogP contribution in [0.25, 0.3) is 66.2 Å². The molecule has 7 heteroatoms. The van der Waals surface area contributed by atoms with Crippen LogP contribution >= 0.6 is 0 Å². The minimum Gasteiger partial charge on any atom is -0.247 e. The Hall–Kier alpha value is -6.36. The molecule has 5 aromatic carbocycles. The molecule has 0 saturated heterocycles. The van der Waals surface area contributed by atoms with Crippen molar-refractivity contribution < 1.29 is 4.63 Å². The van der Waals surface area contributed by atoms with Gasteiger partial charge in [0.2, 0.25) is 0 Å². The van der Waals surface area contributed by atoms with E-state index >= 15 is 0 Å². The Labute approximate surface area is 233 Å². The first kappa shape index (κ1) is 23.7. The summed E-state index contributed by atoms with van der Waals surface area (Å²) < 4.78 is 5.29. The molecule has 7 aromatic rings. The van der Waals surface area contributed by atoms with E-state index in [9.17, 15) is 15.8 Å². The van der Waals surface area contributed by atoms with Crippen LogP contribution in [0.1, 0.15) is 16.7 Å². The molecule has 0 bridgehead atoms. The van der Waals surface area contributed by atoms with Crippen molar-refractivity contribution in [3.8, 4) is 51.7 Å². The predicted molar refractivity (Wildman–Crippen MR) is 155 cm³/mol. The van der Waals surface area contributed by atoms with Crippen LogP contribution in [0.5, 0.6) is 0 Å². The zero-order chi connectivity index (χ0) is 27.9. The lowest BCUT2D eigenvalue weighted by Gasteiger charge is -2.13. The van der Waals surface area contributed by atoms with Crippen LogP contribution in [-0.2, 0) is 0 Å². The number of pyridine rings is 1. The molecular weight excluding hydrogens is 508 g/mol. The van der Waals surface area contributed by atoms with Gasteiger partial charge in [-0.25, -0.2) is 9.61 Å². The van der Waals surface area contributed by atoms with E-state index in [4.69, 9.17) is 9.61 Å². The maximum Gasteiger partial charge on any atom is 0.144 e. The molecule has 0 fully saturated rings. The number of aromatic nitrogens is 3. The lowest BCUT2D eigenvalue weighted by molar-refractivity contribution is 0.316. The molecule has 2 heterocycles. The number of fused-ring (bicyclic) bond motifs is 5. The lowest BCUT2D eigenvalue weighted by Crippen LogP contribution is -1.94. The van der Waals surface area contributed by atoms with E-state index in [-0.39, 0.29) is 16.7 Å². The Kier molecular flexibility index (Phi) is 5.46. The van der Waals surface area contributed by atoms with Gasteiger partial charge in [-0.3, -0.25) is 0 Å². The molecule has 0 atom stereocenters. The maximum atomic E-state index is 9.74. The van der Waals surface area contributed by atoms with Gasteiger partial charge in [-0.2, -0.15) is 15.8 Å². The highest BCUT2D eigenvalue weighted by Gasteiger charge is 2.20. The summed E-state index contributed by atoms with van der Waals surface area (Å²) in [5.41, 5.74) is 7.59. The van der Waals surface area contributed by atoms with Gasteiger partial charge in [-0.1, -0.05) is 72.8 Å². The molecule has 0 amide bonds. The van der Waals surface area contributed by atoms with Crippen molar-refractivity contribution in [1.82, 2.24) is 15.3 Å². The van der Waals surface area contributed by atoms with Crippen molar-refractivity contribution in [2.75, 3.05) is 0 Å². The summed E-state index contributed by atoms with van der Waals surface area (Å²) in [7, 11) is 0. The van der Waals surface area contributed by atoms with E-state index in [0.29, 0.717) is 22.2 Å². The minimum atomic E-state index is 0.269. The van der Waals surface area contributed by atoms with Gasteiger partial charge >= 0.3 is 0 Å². The van der Waals surface area contributed by atoms with Crippen molar-refractivity contribution in [1.29, 1.82) is 15.8 Å². The molecule has 0 unspecified atom stereocenters. The van der Waals surface area contributed by atoms with Crippen LogP contribution in [0.4, 0.5) is 0 Å². The van der Waals surface area contributed by atoms with Gasteiger partial charge in [0.15, 0.2) is 0 Å². The molecule has 0 radical (unpaired) electrons. The molecule has 188 valence electrons. The van der Waals surface area contributed by atoms with Crippen LogP contribution in [0, 0.1) is 34.0 Å². The lowest BCUT2D eigenvalue weighted by atomic mass is 9.91. The van der Waals surface area contributed by atoms with E-state index in [1.165, 1.54) is 12.1 Å². The summed E-state index contributed by atoms with van der Waals surface area (Å²) in [6, 6.07) is 36.9. The SMILES string of the molecule is N#Cc1cc(C#N)c(-c2ccc(-c3cc4c(-c5ccccc5)nc5ccccc5c4c4nonc34)cc2)c(C#N)c1. The second-order valence-electron chi connectivity index (χ2n) is 9.51.